The van der Waals surface area contributed by atoms with Gasteiger partial charge in [-0.25, -0.2) is 9.97 Å². The normalized spacial score (nSPS) is 18.1. The highest BCUT2D eigenvalue weighted by Gasteiger charge is 2.45. The van der Waals surface area contributed by atoms with Crippen LogP contribution in [0.4, 0.5) is 0 Å². The summed E-state index contributed by atoms with van der Waals surface area (Å²) in [6.07, 6.45) is 4.06. The van der Waals surface area contributed by atoms with Crippen LogP contribution in [-0.4, -0.2) is 27.8 Å². The second-order valence-electron chi connectivity index (χ2n) is 4.66. The minimum absolute atomic E-state index is 0.410. The Hall–Kier alpha value is -1.12. The van der Waals surface area contributed by atoms with Crippen LogP contribution in [0.3, 0.4) is 0 Å². The first-order valence-electron chi connectivity index (χ1n) is 6.29. The molecule has 5 heteroatoms. The van der Waals surface area contributed by atoms with Gasteiger partial charge in [0.05, 0.1) is 6.07 Å². The highest BCUT2D eigenvalue weighted by atomic mass is 32.2. The first kappa shape index (κ1) is 13.3. The van der Waals surface area contributed by atoms with E-state index in [0.29, 0.717) is 11.7 Å². The second-order valence-corrected chi connectivity index (χ2v) is 5.60. The SMILES string of the molecule is CCNC(C#N)(CSc1nccc(C)n1)C1CC1. The first-order chi connectivity index (χ1) is 8.70. The summed E-state index contributed by atoms with van der Waals surface area (Å²) in [5.41, 5.74) is 0.553. The third kappa shape index (κ3) is 3.01. The Kier molecular flexibility index (Phi) is 4.20. The standard InChI is InChI=1S/C13H18N4S/c1-3-16-13(8-14,11-4-5-11)9-18-12-15-7-6-10(2)17-12/h6-7,11,16H,3-5,9H2,1-2H3. The van der Waals surface area contributed by atoms with E-state index in [1.807, 2.05) is 19.9 Å². The Morgan fingerprint density at radius 2 is 2.39 bits per heavy atom. The lowest BCUT2D eigenvalue weighted by molar-refractivity contribution is 0.415. The lowest BCUT2D eigenvalue weighted by Crippen LogP contribution is -2.48. The number of aromatic nitrogens is 2. The topological polar surface area (TPSA) is 61.6 Å². The van der Waals surface area contributed by atoms with Gasteiger partial charge in [-0.15, -0.1) is 0 Å². The monoisotopic (exact) mass is 262 g/mol. The molecule has 1 aliphatic rings. The lowest BCUT2D eigenvalue weighted by Gasteiger charge is -2.26. The molecule has 0 spiro atoms. The molecule has 1 aliphatic carbocycles. The van der Waals surface area contributed by atoms with Crippen molar-refractivity contribution >= 4 is 11.8 Å². The zero-order chi connectivity index (χ0) is 13.0. The fourth-order valence-corrected chi connectivity index (χ4v) is 3.14. The maximum atomic E-state index is 9.48. The van der Waals surface area contributed by atoms with Gasteiger partial charge < -0.3 is 0 Å². The van der Waals surface area contributed by atoms with Crippen molar-refractivity contribution in [2.45, 2.75) is 37.4 Å². The van der Waals surface area contributed by atoms with Gasteiger partial charge in [-0.1, -0.05) is 18.7 Å². The summed E-state index contributed by atoms with van der Waals surface area (Å²) >= 11 is 1.57. The molecule has 1 aromatic heterocycles. The molecule has 96 valence electrons. The van der Waals surface area contributed by atoms with Gasteiger partial charge in [0.2, 0.25) is 0 Å². The molecule has 0 amide bonds. The van der Waals surface area contributed by atoms with E-state index in [4.69, 9.17) is 0 Å². The molecule has 0 aromatic carbocycles. The van der Waals surface area contributed by atoms with E-state index in [9.17, 15) is 5.26 Å². The van der Waals surface area contributed by atoms with Gasteiger partial charge in [0.1, 0.15) is 5.54 Å². The largest absolute Gasteiger partial charge is 0.299 e. The fraction of sp³-hybridized carbons (Fsp3) is 0.615. The predicted molar refractivity (Wildman–Crippen MR) is 72.2 cm³/mol. The van der Waals surface area contributed by atoms with Crippen LogP contribution in [-0.2, 0) is 0 Å². The number of nitrogens with zero attached hydrogens (tertiary/aromatic N) is 3. The lowest BCUT2D eigenvalue weighted by atomic mass is 9.98. The van der Waals surface area contributed by atoms with E-state index < -0.39 is 5.54 Å². The number of hydrogen-bond acceptors (Lipinski definition) is 5. The van der Waals surface area contributed by atoms with E-state index in [2.05, 4.69) is 21.4 Å². The quantitative estimate of drug-likeness (QED) is 0.629. The fourth-order valence-electron chi connectivity index (χ4n) is 2.04. The average molecular weight is 262 g/mol. The molecule has 2 rings (SSSR count). The van der Waals surface area contributed by atoms with Crippen LogP contribution in [0.2, 0.25) is 0 Å². The second kappa shape index (κ2) is 5.68. The number of nitrogens with one attached hydrogen (secondary N) is 1. The first-order valence-corrected chi connectivity index (χ1v) is 7.27. The van der Waals surface area contributed by atoms with Gasteiger partial charge in [-0.3, -0.25) is 5.32 Å². The van der Waals surface area contributed by atoms with Crippen LogP contribution in [0.25, 0.3) is 0 Å². The van der Waals surface area contributed by atoms with Gasteiger partial charge in [-0.2, -0.15) is 5.26 Å². The zero-order valence-corrected chi connectivity index (χ0v) is 11.6. The van der Waals surface area contributed by atoms with Crippen LogP contribution in [0.5, 0.6) is 0 Å². The maximum absolute atomic E-state index is 9.48. The number of thioether (sulfide) groups is 1. The zero-order valence-electron chi connectivity index (χ0n) is 10.8. The van der Waals surface area contributed by atoms with Gasteiger partial charge in [-0.05, 0) is 38.3 Å². The Bertz CT molecular complexity index is 453. The van der Waals surface area contributed by atoms with Crippen molar-refractivity contribution < 1.29 is 0 Å². The Morgan fingerprint density at radius 1 is 1.61 bits per heavy atom. The van der Waals surface area contributed by atoms with E-state index in [1.165, 1.54) is 0 Å². The molecular weight excluding hydrogens is 244 g/mol. The van der Waals surface area contributed by atoms with Crippen LogP contribution >= 0.6 is 11.8 Å². The maximum Gasteiger partial charge on any atom is 0.187 e. The molecule has 18 heavy (non-hydrogen) atoms. The summed E-state index contributed by atoms with van der Waals surface area (Å²) in [6.45, 7) is 4.82. The van der Waals surface area contributed by atoms with Crippen molar-refractivity contribution in [1.29, 1.82) is 5.26 Å². The summed E-state index contributed by atoms with van der Waals surface area (Å²) in [7, 11) is 0. The minimum Gasteiger partial charge on any atom is -0.299 e. The summed E-state index contributed by atoms with van der Waals surface area (Å²) in [5.74, 6) is 1.20. The van der Waals surface area contributed by atoms with E-state index in [0.717, 1.165) is 30.2 Å². The van der Waals surface area contributed by atoms with Crippen LogP contribution < -0.4 is 5.32 Å². The van der Waals surface area contributed by atoms with Crippen molar-refractivity contribution in [1.82, 2.24) is 15.3 Å². The molecule has 1 aromatic rings. The summed E-state index contributed by atoms with van der Waals surface area (Å²) in [4.78, 5) is 8.60. The highest BCUT2D eigenvalue weighted by Crippen LogP contribution is 2.41. The minimum atomic E-state index is -0.410. The Labute approximate surface area is 112 Å². The highest BCUT2D eigenvalue weighted by molar-refractivity contribution is 7.99. The smallest absolute Gasteiger partial charge is 0.187 e. The number of aryl methyl sites for hydroxylation is 1. The van der Waals surface area contributed by atoms with E-state index in [-0.39, 0.29) is 0 Å². The number of hydrogen-bond donors (Lipinski definition) is 1. The molecule has 1 atom stereocenters. The van der Waals surface area contributed by atoms with E-state index >= 15 is 0 Å². The van der Waals surface area contributed by atoms with Crippen molar-refractivity contribution in [2.75, 3.05) is 12.3 Å². The molecule has 0 aliphatic heterocycles. The van der Waals surface area contributed by atoms with Gasteiger partial charge in [0.25, 0.3) is 0 Å². The molecule has 0 bridgehead atoms. The van der Waals surface area contributed by atoms with Crippen LogP contribution in [0.15, 0.2) is 17.4 Å². The number of rotatable bonds is 6. The summed E-state index contributed by atoms with van der Waals surface area (Å²) in [5, 5.41) is 13.6. The molecule has 1 heterocycles. The van der Waals surface area contributed by atoms with Gasteiger partial charge >= 0.3 is 0 Å². The van der Waals surface area contributed by atoms with Crippen molar-refractivity contribution in [3.8, 4) is 6.07 Å². The molecular formula is C13H18N4S. The van der Waals surface area contributed by atoms with E-state index in [1.54, 1.807) is 18.0 Å². The average Bonchev–Trinajstić information content (AvgIpc) is 3.19. The van der Waals surface area contributed by atoms with Gasteiger partial charge in [0.15, 0.2) is 5.16 Å². The molecule has 4 nitrogen and oxygen atoms in total. The molecule has 1 unspecified atom stereocenters. The number of nitriles is 1. The molecule has 1 fully saturated rings. The van der Waals surface area contributed by atoms with Crippen molar-refractivity contribution in [3.63, 3.8) is 0 Å². The molecule has 1 N–H and O–H groups in total. The third-order valence-corrected chi connectivity index (χ3v) is 4.22. The van der Waals surface area contributed by atoms with Crippen LogP contribution in [0, 0.1) is 24.2 Å². The third-order valence-electron chi connectivity index (χ3n) is 3.17. The van der Waals surface area contributed by atoms with Crippen molar-refractivity contribution in [2.24, 2.45) is 5.92 Å². The molecule has 0 radical (unpaired) electrons. The van der Waals surface area contributed by atoms with Gasteiger partial charge in [0, 0.05) is 17.6 Å². The predicted octanol–water partition coefficient (Wildman–Crippen LogP) is 2.16. The Morgan fingerprint density at radius 3 is 2.94 bits per heavy atom. The summed E-state index contributed by atoms with van der Waals surface area (Å²) in [6, 6.07) is 4.36. The molecule has 1 saturated carbocycles. The van der Waals surface area contributed by atoms with Crippen molar-refractivity contribution in [3.05, 3.63) is 18.0 Å². The summed E-state index contributed by atoms with van der Waals surface area (Å²) < 4.78 is 0. The van der Waals surface area contributed by atoms with Crippen LogP contribution in [0.1, 0.15) is 25.5 Å². The Balaban J connectivity index is 2.04. The molecule has 0 saturated heterocycles.